The number of hydrogen-bond donors (Lipinski definition) is 3. The Bertz CT molecular complexity index is 434. The van der Waals surface area contributed by atoms with Gasteiger partial charge in [0.05, 0.1) is 6.61 Å². The van der Waals surface area contributed by atoms with E-state index in [0.717, 1.165) is 0 Å². The normalized spacial score (nSPS) is 11.4. The number of ether oxygens (including phenoxy) is 1. The molecule has 0 saturated heterocycles. The number of carbonyl (C=O) groups is 2. The van der Waals surface area contributed by atoms with Crippen LogP contribution in [-0.4, -0.2) is 29.8 Å². The molecule has 3 N–H and O–H groups in total. The second-order valence-corrected chi connectivity index (χ2v) is 3.62. The van der Waals surface area contributed by atoms with Gasteiger partial charge in [-0.2, -0.15) is 0 Å². The van der Waals surface area contributed by atoms with Crippen molar-refractivity contribution in [2.24, 2.45) is 0 Å². The molecule has 0 bridgehead atoms. The van der Waals surface area contributed by atoms with Gasteiger partial charge in [0.25, 0.3) is 0 Å². The first kappa shape index (κ1) is 13.8. The summed E-state index contributed by atoms with van der Waals surface area (Å²) in [5, 5.41) is 13.5. The van der Waals surface area contributed by atoms with Gasteiger partial charge in [-0.05, 0) is 26.0 Å². The molecule has 1 aromatic rings. The maximum atomic E-state index is 11.5. The fourth-order valence-electron chi connectivity index (χ4n) is 1.26. The SMILES string of the molecule is CCOc1cccc(NC(=O)N[C@H](C)C(=O)O)c1. The highest BCUT2D eigenvalue weighted by atomic mass is 16.5. The maximum Gasteiger partial charge on any atom is 0.325 e. The molecule has 0 aliphatic rings. The summed E-state index contributed by atoms with van der Waals surface area (Å²) in [5.74, 6) is -0.449. The third kappa shape index (κ3) is 4.32. The molecule has 18 heavy (non-hydrogen) atoms. The van der Waals surface area contributed by atoms with Crippen molar-refractivity contribution in [3.05, 3.63) is 24.3 Å². The summed E-state index contributed by atoms with van der Waals surface area (Å²) in [5.41, 5.74) is 0.538. The lowest BCUT2D eigenvalue weighted by Gasteiger charge is -2.11. The van der Waals surface area contributed by atoms with E-state index in [9.17, 15) is 9.59 Å². The Morgan fingerprint density at radius 1 is 1.44 bits per heavy atom. The van der Waals surface area contributed by atoms with Crippen LogP contribution in [0.1, 0.15) is 13.8 Å². The van der Waals surface area contributed by atoms with Crippen molar-refractivity contribution < 1.29 is 19.4 Å². The van der Waals surface area contributed by atoms with Crippen molar-refractivity contribution in [1.82, 2.24) is 5.32 Å². The van der Waals surface area contributed by atoms with Gasteiger partial charge in [-0.15, -0.1) is 0 Å². The molecule has 0 heterocycles. The third-order valence-corrected chi connectivity index (χ3v) is 2.12. The highest BCUT2D eigenvalue weighted by Gasteiger charge is 2.13. The van der Waals surface area contributed by atoms with E-state index in [-0.39, 0.29) is 0 Å². The average Bonchev–Trinajstić information content (AvgIpc) is 2.29. The quantitative estimate of drug-likeness (QED) is 0.744. The van der Waals surface area contributed by atoms with E-state index in [0.29, 0.717) is 18.0 Å². The minimum absolute atomic E-state index is 0.533. The van der Waals surface area contributed by atoms with Gasteiger partial charge in [0, 0.05) is 11.8 Å². The molecule has 1 rings (SSSR count). The third-order valence-electron chi connectivity index (χ3n) is 2.12. The van der Waals surface area contributed by atoms with Gasteiger partial charge in [-0.1, -0.05) is 6.07 Å². The molecule has 0 aliphatic carbocycles. The number of aliphatic carboxylic acids is 1. The van der Waals surface area contributed by atoms with Crippen LogP contribution in [0.5, 0.6) is 5.75 Å². The zero-order valence-electron chi connectivity index (χ0n) is 10.3. The molecule has 0 saturated carbocycles. The molecule has 98 valence electrons. The van der Waals surface area contributed by atoms with Crippen molar-refractivity contribution in [3.8, 4) is 5.75 Å². The van der Waals surface area contributed by atoms with Crippen LogP contribution >= 0.6 is 0 Å². The first-order valence-corrected chi connectivity index (χ1v) is 5.56. The van der Waals surface area contributed by atoms with Crippen molar-refractivity contribution >= 4 is 17.7 Å². The number of anilines is 1. The maximum absolute atomic E-state index is 11.5. The van der Waals surface area contributed by atoms with Gasteiger partial charge in [0.15, 0.2) is 0 Å². The van der Waals surface area contributed by atoms with Crippen molar-refractivity contribution in [2.75, 3.05) is 11.9 Å². The summed E-state index contributed by atoms with van der Waals surface area (Å²) < 4.78 is 5.28. The largest absolute Gasteiger partial charge is 0.494 e. The predicted octanol–water partition coefficient (Wildman–Crippen LogP) is 1.68. The molecular formula is C12H16N2O4. The Hall–Kier alpha value is -2.24. The molecule has 0 aromatic heterocycles. The molecule has 2 amide bonds. The molecular weight excluding hydrogens is 236 g/mol. The van der Waals surface area contributed by atoms with E-state index in [2.05, 4.69) is 10.6 Å². The predicted molar refractivity (Wildman–Crippen MR) is 66.9 cm³/mol. The van der Waals surface area contributed by atoms with E-state index in [1.807, 2.05) is 6.92 Å². The van der Waals surface area contributed by atoms with Crippen LogP contribution in [-0.2, 0) is 4.79 Å². The molecule has 1 aromatic carbocycles. The second kappa shape index (κ2) is 6.48. The highest BCUT2D eigenvalue weighted by molar-refractivity contribution is 5.92. The topological polar surface area (TPSA) is 87.7 Å². The van der Waals surface area contributed by atoms with Crippen LogP contribution < -0.4 is 15.4 Å². The summed E-state index contributed by atoms with van der Waals surface area (Å²) in [4.78, 5) is 22.0. The molecule has 0 radical (unpaired) electrons. The summed E-state index contributed by atoms with van der Waals surface area (Å²) >= 11 is 0. The number of carboxylic acid groups (broad SMARTS) is 1. The molecule has 0 unspecified atom stereocenters. The lowest BCUT2D eigenvalue weighted by Crippen LogP contribution is -2.40. The number of carboxylic acids is 1. The van der Waals surface area contributed by atoms with Crippen molar-refractivity contribution in [3.63, 3.8) is 0 Å². The van der Waals surface area contributed by atoms with Gasteiger partial charge in [0.2, 0.25) is 0 Å². The molecule has 0 aliphatic heterocycles. The van der Waals surface area contributed by atoms with Gasteiger partial charge in [-0.25, -0.2) is 4.79 Å². The zero-order valence-corrected chi connectivity index (χ0v) is 10.3. The van der Waals surface area contributed by atoms with Crippen LogP contribution in [0.3, 0.4) is 0 Å². The fourth-order valence-corrected chi connectivity index (χ4v) is 1.26. The van der Waals surface area contributed by atoms with Crippen molar-refractivity contribution in [2.45, 2.75) is 19.9 Å². The summed E-state index contributed by atoms with van der Waals surface area (Å²) in [6.45, 7) is 3.78. The molecule has 6 nitrogen and oxygen atoms in total. The van der Waals surface area contributed by atoms with Crippen LogP contribution in [0, 0.1) is 0 Å². The van der Waals surface area contributed by atoms with Crippen LogP contribution in [0.2, 0.25) is 0 Å². The van der Waals surface area contributed by atoms with Crippen LogP contribution in [0.15, 0.2) is 24.3 Å². The van der Waals surface area contributed by atoms with E-state index in [1.54, 1.807) is 24.3 Å². The number of nitrogens with one attached hydrogen (secondary N) is 2. The summed E-state index contributed by atoms with van der Waals surface area (Å²) in [6, 6.07) is 5.34. The average molecular weight is 252 g/mol. The van der Waals surface area contributed by atoms with Gasteiger partial charge in [-0.3, -0.25) is 4.79 Å². The first-order valence-electron chi connectivity index (χ1n) is 5.56. The second-order valence-electron chi connectivity index (χ2n) is 3.62. The Balaban J connectivity index is 2.58. The lowest BCUT2D eigenvalue weighted by molar-refractivity contribution is -0.138. The zero-order chi connectivity index (χ0) is 13.5. The lowest BCUT2D eigenvalue weighted by atomic mass is 10.3. The van der Waals surface area contributed by atoms with Crippen molar-refractivity contribution in [1.29, 1.82) is 0 Å². The molecule has 1 atom stereocenters. The molecule has 0 spiro atoms. The Labute approximate surface area is 105 Å². The number of amides is 2. The van der Waals surface area contributed by atoms with E-state index in [1.165, 1.54) is 6.92 Å². The highest BCUT2D eigenvalue weighted by Crippen LogP contribution is 2.17. The fraction of sp³-hybridized carbons (Fsp3) is 0.333. The standard InChI is InChI=1S/C12H16N2O4/c1-3-18-10-6-4-5-9(7-10)14-12(17)13-8(2)11(15)16/h4-8H,3H2,1-2H3,(H,15,16)(H2,13,14,17)/t8-/m1/s1. The first-order chi connectivity index (χ1) is 8.52. The number of carbonyl (C=O) groups excluding carboxylic acids is 1. The number of hydrogen-bond acceptors (Lipinski definition) is 3. The molecule has 6 heteroatoms. The minimum Gasteiger partial charge on any atom is -0.494 e. The molecule has 0 fully saturated rings. The van der Waals surface area contributed by atoms with E-state index >= 15 is 0 Å². The van der Waals surface area contributed by atoms with E-state index in [4.69, 9.17) is 9.84 Å². The Kier molecular flexibility index (Phi) is 4.98. The number of urea groups is 1. The number of benzene rings is 1. The van der Waals surface area contributed by atoms with E-state index < -0.39 is 18.0 Å². The van der Waals surface area contributed by atoms with Gasteiger partial charge < -0.3 is 20.5 Å². The van der Waals surface area contributed by atoms with Gasteiger partial charge in [0.1, 0.15) is 11.8 Å². The van der Waals surface area contributed by atoms with Gasteiger partial charge >= 0.3 is 12.0 Å². The van der Waals surface area contributed by atoms with Crippen LogP contribution in [0.4, 0.5) is 10.5 Å². The summed E-state index contributed by atoms with van der Waals surface area (Å²) in [7, 11) is 0. The Morgan fingerprint density at radius 2 is 2.17 bits per heavy atom. The number of rotatable bonds is 5. The minimum atomic E-state index is -1.09. The smallest absolute Gasteiger partial charge is 0.325 e. The Morgan fingerprint density at radius 3 is 2.78 bits per heavy atom. The monoisotopic (exact) mass is 252 g/mol. The van der Waals surface area contributed by atoms with Crippen LogP contribution in [0.25, 0.3) is 0 Å². The summed E-state index contributed by atoms with van der Waals surface area (Å²) in [6.07, 6.45) is 0.